The zero-order valence-electron chi connectivity index (χ0n) is 11.5. The summed E-state index contributed by atoms with van der Waals surface area (Å²) in [6, 6.07) is 4.17. The number of benzene rings is 1. The zero-order chi connectivity index (χ0) is 14.4. The van der Waals surface area contributed by atoms with Crippen molar-refractivity contribution in [1.82, 2.24) is 5.32 Å². The lowest BCUT2D eigenvalue weighted by Crippen LogP contribution is -2.42. The Labute approximate surface area is 122 Å². The van der Waals surface area contributed by atoms with E-state index in [1.54, 1.807) is 13.0 Å². The van der Waals surface area contributed by atoms with Gasteiger partial charge in [-0.1, -0.05) is 13.8 Å². The number of nitrogens with one attached hydrogen (secondary N) is 2. The molecule has 0 radical (unpaired) electrons. The highest BCUT2D eigenvalue weighted by Gasteiger charge is 2.16. The van der Waals surface area contributed by atoms with Crippen molar-refractivity contribution >= 4 is 27.5 Å². The van der Waals surface area contributed by atoms with Crippen molar-refractivity contribution in [1.29, 1.82) is 0 Å². The molecule has 0 aliphatic rings. The van der Waals surface area contributed by atoms with Crippen molar-refractivity contribution < 1.29 is 9.18 Å². The molecule has 1 rings (SSSR count). The molecule has 5 heteroatoms. The van der Waals surface area contributed by atoms with Gasteiger partial charge in [0, 0.05) is 16.2 Å². The fraction of sp³-hybridized carbons (Fsp3) is 0.500. The van der Waals surface area contributed by atoms with Gasteiger partial charge in [-0.3, -0.25) is 4.79 Å². The molecule has 3 nitrogen and oxygen atoms in total. The third-order valence-corrected chi connectivity index (χ3v) is 3.68. The largest absolute Gasteiger partial charge is 0.373 e. The SMILES string of the molecule is CCC(CC)NC(=O)C(C)Nc1ccc(F)cc1Br. The number of carbonyl (C=O) groups excluding carboxylic acids is 1. The van der Waals surface area contributed by atoms with E-state index in [-0.39, 0.29) is 23.8 Å². The van der Waals surface area contributed by atoms with Gasteiger partial charge in [0.05, 0.1) is 0 Å². The molecule has 0 saturated carbocycles. The summed E-state index contributed by atoms with van der Waals surface area (Å²) in [5, 5.41) is 6.04. The molecular formula is C14H20BrFN2O. The zero-order valence-corrected chi connectivity index (χ0v) is 13.1. The van der Waals surface area contributed by atoms with Crippen LogP contribution >= 0.6 is 15.9 Å². The minimum Gasteiger partial charge on any atom is -0.373 e. The maximum Gasteiger partial charge on any atom is 0.242 e. The van der Waals surface area contributed by atoms with Crippen LogP contribution in [0.15, 0.2) is 22.7 Å². The smallest absolute Gasteiger partial charge is 0.242 e. The number of amides is 1. The molecule has 1 unspecified atom stereocenters. The second-order valence-corrected chi connectivity index (χ2v) is 5.37. The first-order valence-corrected chi connectivity index (χ1v) is 7.29. The van der Waals surface area contributed by atoms with Crippen molar-refractivity contribution in [3.8, 4) is 0 Å². The standard InChI is InChI=1S/C14H20BrFN2O/c1-4-11(5-2)18-14(19)9(3)17-13-7-6-10(16)8-12(13)15/h6-9,11,17H,4-5H2,1-3H3,(H,18,19). The van der Waals surface area contributed by atoms with E-state index in [0.29, 0.717) is 10.2 Å². The number of hydrogen-bond acceptors (Lipinski definition) is 2. The van der Waals surface area contributed by atoms with Gasteiger partial charge < -0.3 is 10.6 Å². The quantitative estimate of drug-likeness (QED) is 0.835. The molecule has 0 aliphatic carbocycles. The Bertz CT molecular complexity index is 435. The highest BCUT2D eigenvalue weighted by Crippen LogP contribution is 2.23. The van der Waals surface area contributed by atoms with Gasteiger partial charge in [0.15, 0.2) is 0 Å². The molecule has 0 saturated heterocycles. The molecule has 1 aromatic carbocycles. The van der Waals surface area contributed by atoms with Crippen LogP contribution < -0.4 is 10.6 Å². The molecule has 1 amide bonds. The van der Waals surface area contributed by atoms with E-state index in [4.69, 9.17) is 0 Å². The summed E-state index contributed by atoms with van der Waals surface area (Å²) in [6.07, 6.45) is 1.82. The van der Waals surface area contributed by atoms with Crippen molar-refractivity contribution in [2.45, 2.75) is 45.7 Å². The van der Waals surface area contributed by atoms with Gasteiger partial charge >= 0.3 is 0 Å². The van der Waals surface area contributed by atoms with Crippen molar-refractivity contribution in [2.75, 3.05) is 5.32 Å². The lowest BCUT2D eigenvalue weighted by Gasteiger charge is -2.20. The van der Waals surface area contributed by atoms with Crippen LogP contribution in [0.1, 0.15) is 33.6 Å². The Morgan fingerprint density at radius 3 is 2.53 bits per heavy atom. The monoisotopic (exact) mass is 330 g/mol. The van der Waals surface area contributed by atoms with Gasteiger partial charge in [0.1, 0.15) is 11.9 Å². The van der Waals surface area contributed by atoms with Gasteiger partial charge in [0.2, 0.25) is 5.91 Å². The summed E-state index contributed by atoms with van der Waals surface area (Å²) in [7, 11) is 0. The summed E-state index contributed by atoms with van der Waals surface area (Å²) in [6.45, 7) is 5.87. The Hall–Kier alpha value is -1.10. The van der Waals surface area contributed by atoms with Crippen LogP contribution in [0.2, 0.25) is 0 Å². The Balaban J connectivity index is 2.63. The average molecular weight is 331 g/mol. The van der Waals surface area contributed by atoms with Crippen LogP contribution in [0, 0.1) is 5.82 Å². The van der Waals surface area contributed by atoms with Gasteiger partial charge in [0.25, 0.3) is 0 Å². The first-order valence-electron chi connectivity index (χ1n) is 6.49. The predicted molar refractivity (Wildman–Crippen MR) is 79.7 cm³/mol. The Kier molecular flexibility index (Phi) is 6.28. The van der Waals surface area contributed by atoms with E-state index in [1.807, 2.05) is 13.8 Å². The highest BCUT2D eigenvalue weighted by atomic mass is 79.9. The van der Waals surface area contributed by atoms with Crippen LogP contribution in [0.3, 0.4) is 0 Å². The third kappa shape index (κ3) is 4.82. The average Bonchev–Trinajstić information content (AvgIpc) is 2.38. The van der Waals surface area contributed by atoms with Crippen molar-refractivity contribution in [3.63, 3.8) is 0 Å². The van der Waals surface area contributed by atoms with E-state index < -0.39 is 0 Å². The van der Waals surface area contributed by atoms with Gasteiger partial charge in [-0.25, -0.2) is 4.39 Å². The molecule has 19 heavy (non-hydrogen) atoms. The molecule has 106 valence electrons. The number of anilines is 1. The van der Waals surface area contributed by atoms with Gasteiger partial charge in [-0.2, -0.15) is 0 Å². The number of halogens is 2. The molecular weight excluding hydrogens is 311 g/mol. The summed E-state index contributed by atoms with van der Waals surface area (Å²) in [5.41, 5.74) is 0.702. The highest BCUT2D eigenvalue weighted by molar-refractivity contribution is 9.10. The van der Waals surface area contributed by atoms with E-state index in [9.17, 15) is 9.18 Å². The predicted octanol–water partition coefficient (Wildman–Crippen LogP) is 3.69. The van der Waals surface area contributed by atoms with Crippen LogP contribution in [-0.4, -0.2) is 18.0 Å². The van der Waals surface area contributed by atoms with E-state index in [2.05, 4.69) is 26.6 Å². The molecule has 1 atom stereocenters. The first-order chi connectivity index (χ1) is 8.97. The number of rotatable bonds is 6. The van der Waals surface area contributed by atoms with Gasteiger partial charge in [-0.15, -0.1) is 0 Å². The van der Waals surface area contributed by atoms with Gasteiger partial charge in [-0.05, 0) is 53.9 Å². The van der Waals surface area contributed by atoms with Crippen molar-refractivity contribution in [3.05, 3.63) is 28.5 Å². The topological polar surface area (TPSA) is 41.1 Å². The maximum atomic E-state index is 13.0. The first kappa shape index (κ1) is 16.0. The summed E-state index contributed by atoms with van der Waals surface area (Å²) < 4.78 is 13.6. The summed E-state index contributed by atoms with van der Waals surface area (Å²) >= 11 is 3.27. The molecule has 0 aliphatic heterocycles. The minimum atomic E-state index is -0.373. The van der Waals surface area contributed by atoms with Crippen LogP contribution in [0.4, 0.5) is 10.1 Å². The molecule has 0 bridgehead atoms. The molecule has 0 spiro atoms. The minimum absolute atomic E-state index is 0.0510. The lowest BCUT2D eigenvalue weighted by molar-refractivity contribution is -0.122. The number of carbonyl (C=O) groups is 1. The Morgan fingerprint density at radius 1 is 1.37 bits per heavy atom. The van der Waals surface area contributed by atoms with Crippen LogP contribution in [0.5, 0.6) is 0 Å². The summed E-state index contributed by atoms with van der Waals surface area (Å²) in [5.74, 6) is -0.364. The van der Waals surface area contributed by atoms with E-state index >= 15 is 0 Å². The van der Waals surface area contributed by atoms with Crippen molar-refractivity contribution in [2.24, 2.45) is 0 Å². The third-order valence-electron chi connectivity index (χ3n) is 3.03. The normalized spacial score (nSPS) is 12.3. The molecule has 0 aromatic heterocycles. The number of hydrogen-bond donors (Lipinski definition) is 2. The molecule has 2 N–H and O–H groups in total. The fourth-order valence-electron chi connectivity index (χ4n) is 1.72. The Morgan fingerprint density at radius 2 is 2.00 bits per heavy atom. The summed E-state index contributed by atoms with van der Waals surface area (Å²) in [4.78, 5) is 12.0. The molecule has 0 fully saturated rings. The van der Waals surface area contributed by atoms with Crippen LogP contribution in [0.25, 0.3) is 0 Å². The van der Waals surface area contributed by atoms with E-state index in [1.165, 1.54) is 12.1 Å². The second-order valence-electron chi connectivity index (χ2n) is 4.51. The lowest BCUT2D eigenvalue weighted by atomic mass is 10.1. The molecule has 1 aromatic rings. The fourth-order valence-corrected chi connectivity index (χ4v) is 2.19. The van der Waals surface area contributed by atoms with Crippen LogP contribution in [-0.2, 0) is 4.79 Å². The van der Waals surface area contributed by atoms with E-state index in [0.717, 1.165) is 12.8 Å². The second kappa shape index (κ2) is 7.48. The maximum absolute atomic E-state index is 13.0. The molecule has 0 heterocycles.